The molecule has 22 heavy (non-hydrogen) atoms. The smallest absolute Gasteiger partial charge is 0.321 e. The van der Waals surface area contributed by atoms with Crippen LogP contribution in [-0.4, -0.2) is 22.2 Å². The average Bonchev–Trinajstić information content (AvgIpc) is 2.94. The number of nitrogens with zero attached hydrogens (tertiary/aromatic N) is 1. The molecule has 0 saturated heterocycles. The second kappa shape index (κ2) is 7.33. The maximum absolute atomic E-state index is 12.9. The molecule has 0 aliphatic rings. The Morgan fingerprint density at radius 2 is 2.09 bits per heavy atom. The molecule has 7 heteroatoms. The molecule has 0 bridgehead atoms. The summed E-state index contributed by atoms with van der Waals surface area (Å²) >= 11 is 1.41. The van der Waals surface area contributed by atoms with Crippen molar-refractivity contribution in [3.8, 4) is 0 Å². The van der Waals surface area contributed by atoms with Gasteiger partial charge >= 0.3 is 6.03 Å². The van der Waals surface area contributed by atoms with E-state index >= 15 is 0 Å². The number of amides is 2. The Bertz CT molecular complexity index is 630. The zero-order chi connectivity index (χ0) is 16.1. The average molecular weight is 323 g/mol. The second-order valence-electron chi connectivity index (χ2n) is 4.87. The van der Waals surface area contributed by atoms with E-state index in [2.05, 4.69) is 15.6 Å². The summed E-state index contributed by atoms with van der Waals surface area (Å²) < 4.78 is 12.9. The molecule has 2 aromatic rings. The van der Waals surface area contributed by atoms with E-state index < -0.39 is 18.2 Å². The number of thiazole rings is 1. The van der Waals surface area contributed by atoms with Crippen LogP contribution in [0.15, 0.2) is 30.5 Å². The SMILES string of the molecule is CCc1cnc(NC(=O)NC(C)C(O)c2ccc(F)cc2)s1. The van der Waals surface area contributed by atoms with Crippen LogP contribution in [0, 0.1) is 5.82 Å². The van der Waals surface area contributed by atoms with Gasteiger partial charge in [-0.25, -0.2) is 14.2 Å². The Labute approximate surface area is 132 Å². The number of hydrogen-bond donors (Lipinski definition) is 3. The molecular weight excluding hydrogens is 305 g/mol. The highest BCUT2D eigenvalue weighted by atomic mass is 32.1. The van der Waals surface area contributed by atoms with E-state index in [4.69, 9.17) is 0 Å². The van der Waals surface area contributed by atoms with Gasteiger partial charge in [-0.2, -0.15) is 0 Å². The number of anilines is 1. The van der Waals surface area contributed by atoms with Gasteiger partial charge in [0.15, 0.2) is 5.13 Å². The van der Waals surface area contributed by atoms with E-state index in [-0.39, 0.29) is 5.82 Å². The van der Waals surface area contributed by atoms with Crippen molar-refractivity contribution < 1.29 is 14.3 Å². The van der Waals surface area contributed by atoms with E-state index in [0.717, 1.165) is 11.3 Å². The van der Waals surface area contributed by atoms with Crippen molar-refractivity contribution in [3.63, 3.8) is 0 Å². The van der Waals surface area contributed by atoms with Gasteiger partial charge in [0, 0.05) is 11.1 Å². The molecule has 3 N–H and O–H groups in total. The molecule has 0 fully saturated rings. The van der Waals surface area contributed by atoms with Crippen LogP contribution in [0.4, 0.5) is 14.3 Å². The topological polar surface area (TPSA) is 74.2 Å². The second-order valence-corrected chi connectivity index (χ2v) is 5.98. The molecule has 1 heterocycles. The number of aliphatic hydroxyl groups excluding tert-OH is 1. The third kappa shape index (κ3) is 4.25. The van der Waals surface area contributed by atoms with E-state index in [1.165, 1.54) is 35.6 Å². The van der Waals surface area contributed by atoms with Crippen LogP contribution in [0.3, 0.4) is 0 Å². The lowest BCUT2D eigenvalue weighted by molar-refractivity contribution is 0.139. The summed E-state index contributed by atoms with van der Waals surface area (Å²) in [7, 11) is 0. The standard InChI is InChI=1S/C15H18FN3O2S/c1-3-12-8-17-15(22-12)19-14(21)18-9(2)13(20)10-4-6-11(16)7-5-10/h4-9,13,20H,3H2,1-2H3,(H2,17,18,19,21). The summed E-state index contributed by atoms with van der Waals surface area (Å²) in [5.41, 5.74) is 0.539. The van der Waals surface area contributed by atoms with E-state index in [1.807, 2.05) is 6.92 Å². The lowest BCUT2D eigenvalue weighted by Crippen LogP contribution is -2.39. The van der Waals surface area contributed by atoms with E-state index in [0.29, 0.717) is 10.7 Å². The van der Waals surface area contributed by atoms with Crippen LogP contribution in [0.1, 0.15) is 30.4 Å². The Morgan fingerprint density at radius 1 is 1.41 bits per heavy atom. The van der Waals surface area contributed by atoms with Crippen molar-refractivity contribution in [1.82, 2.24) is 10.3 Å². The third-order valence-corrected chi connectivity index (χ3v) is 4.22. The first kappa shape index (κ1) is 16.4. The molecule has 0 radical (unpaired) electrons. The maximum Gasteiger partial charge on any atom is 0.321 e. The van der Waals surface area contributed by atoms with Crippen LogP contribution in [0.25, 0.3) is 0 Å². The van der Waals surface area contributed by atoms with Crippen molar-refractivity contribution in [2.45, 2.75) is 32.4 Å². The first-order chi connectivity index (χ1) is 10.5. The number of aliphatic hydroxyl groups is 1. The number of benzene rings is 1. The summed E-state index contributed by atoms with van der Waals surface area (Å²) in [6.07, 6.45) is 1.66. The number of halogens is 1. The van der Waals surface area contributed by atoms with Crippen LogP contribution in [0.2, 0.25) is 0 Å². The van der Waals surface area contributed by atoms with Gasteiger partial charge < -0.3 is 10.4 Å². The van der Waals surface area contributed by atoms with Gasteiger partial charge in [0.05, 0.1) is 12.1 Å². The van der Waals surface area contributed by atoms with Gasteiger partial charge in [-0.3, -0.25) is 5.32 Å². The number of hydrogen-bond acceptors (Lipinski definition) is 4. The number of nitrogens with one attached hydrogen (secondary N) is 2. The molecule has 0 spiro atoms. The Hall–Kier alpha value is -1.99. The summed E-state index contributed by atoms with van der Waals surface area (Å²) in [6, 6.07) is 4.55. The number of aromatic nitrogens is 1. The van der Waals surface area contributed by atoms with Gasteiger partial charge in [-0.05, 0) is 31.0 Å². The number of carbonyl (C=O) groups is 1. The monoisotopic (exact) mass is 323 g/mol. The normalized spacial score (nSPS) is 13.5. The molecule has 5 nitrogen and oxygen atoms in total. The van der Waals surface area contributed by atoms with Crippen LogP contribution >= 0.6 is 11.3 Å². The highest BCUT2D eigenvalue weighted by Crippen LogP contribution is 2.19. The molecule has 2 rings (SSSR count). The van der Waals surface area contributed by atoms with Crippen molar-refractivity contribution in [2.75, 3.05) is 5.32 Å². The predicted molar refractivity (Wildman–Crippen MR) is 84.5 cm³/mol. The zero-order valence-electron chi connectivity index (χ0n) is 12.3. The van der Waals surface area contributed by atoms with Gasteiger partial charge in [0.1, 0.15) is 5.82 Å². The van der Waals surface area contributed by atoms with Crippen molar-refractivity contribution in [2.24, 2.45) is 0 Å². The highest BCUT2D eigenvalue weighted by Gasteiger charge is 2.19. The fourth-order valence-electron chi connectivity index (χ4n) is 1.90. The number of aryl methyl sites for hydroxylation is 1. The molecule has 118 valence electrons. The number of urea groups is 1. The Kier molecular flexibility index (Phi) is 5.46. The number of carbonyl (C=O) groups excluding carboxylic acids is 1. The summed E-state index contributed by atoms with van der Waals surface area (Å²) in [4.78, 5) is 17.1. The van der Waals surface area contributed by atoms with E-state index in [1.54, 1.807) is 13.1 Å². The predicted octanol–water partition coefficient (Wildman–Crippen LogP) is 3.09. The number of rotatable bonds is 5. The summed E-state index contributed by atoms with van der Waals surface area (Å²) in [5.74, 6) is -0.371. The molecule has 2 unspecified atom stereocenters. The first-order valence-electron chi connectivity index (χ1n) is 6.95. The van der Waals surface area contributed by atoms with Crippen LogP contribution in [-0.2, 0) is 6.42 Å². The molecular formula is C15H18FN3O2S. The van der Waals surface area contributed by atoms with Crippen molar-refractivity contribution in [3.05, 3.63) is 46.7 Å². The highest BCUT2D eigenvalue weighted by molar-refractivity contribution is 7.15. The van der Waals surface area contributed by atoms with E-state index in [9.17, 15) is 14.3 Å². The van der Waals surface area contributed by atoms with Gasteiger partial charge in [-0.15, -0.1) is 11.3 Å². The van der Waals surface area contributed by atoms with Gasteiger partial charge in [-0.1, -0.05) is 19.1 Å². The Balaban J connectivity index is 1.91. The molecule has 0 aliphatic heterocycles. The Morgan fingerprint density at radius 3 is 2.68 bits per heavy atom. The largest absolute Gasteiger partial charge is 0.386 e. The van der Waals surface area contributed by atoms with Crippen LogP contribution < -0.4 is 10.6 Å². The molecule has 0 saturated carbocycles. The first-order valence-corrected chi connectivity index (χ1v) is 7.77. The quantitative estimate of drug-likeness (QED) is 0.791. The maximum atomic E-state index is 12.9. The van der Waals surface area contributed by atoms with Crippen molar-refractivity contribution in [1.29, 1.82) is 0 Å². The molecule has 0 aliphatic carbocycles. The molecule has 1 aromatic heterocycles. The lowest BCUT2D eigenvalue weighted by Gasteiger charge is -2.20. The molecule has 2 amide bonds. The minimum atomic E-state index is -0.922. The molecule has 2 atom stereocenters. The van der Waals surface area contributed by atoms with Gasteiger partial charge in [0.2, 0.25) is 0 Å². The van der Waals surface area contributed by atoms with Crippen LogP contribution in [0.5, 0.6) is 0 Å². The van der Waals surface area contributed by atoms with Crippen molar-refractivity contribution >= 4 is 22.5 Å². The fourth-order valence-corrected chi connectivity index (χ4v) is 2.64. The fraction of sp³-hybridized carbons (Fsp3) is 0.333. The minimum Gasteiger partial charge on any atom is -0.386 e. The molecule has 1 aromatic carbocycles. The minimum absolute atomic E-state index is 0.371. The summed E-state index contributed by atoms with van der Waals surface area (Å²) in [5, 5.41) is 15.9. The zero-order valence-corrected chi connectivity index (χ0v) is 13.2. The third-order valence-electron chi connectivity index (χ3n) is 3.17. The van der Waals surface area contributed by atoms with Gasteiger partial charge in [0.25, 0.3) is 0 Å². The lowest BCUT2D eigenvalue weighted by atomic mass is 10.0. The summed E-state index contributed by atoms with van der Waals surface area (Å²) in [6.45, 7) is 3.69.